The van der Waals surface area contributed by atoms with Crippen molar-refractivity contribution in [3.8, 4) is 16.9 Å². The Morgan fingerprint density at radius 3 is 2.68 bits per heavy atom. The zero-order valence-corrected chi connectivity index (χ0v) is 19.0. The predicted octanol–water partition coefficient (Wildman–Crippen LogP) is 5.95. The van der Waals surface area contributed by atoms with Gasteiger partial charge in [0.2, 0.25) is 0 Å². The molecule has 0 saturated carbocycles. The molecule has 0 bridgehead atoms. The number of nitrogen functional groups attached to an aromatic ring is 1. The molecule has 0 aliphatic heterocycles. The van der Waals surface area contributed by atoms with Gasteiger partial charge in [-0.15, -0.1) is 0 Å². The Morgan fingerprint density at radius 2 is 1.88 bits per heavy atom. The molecule has 3 aromatic carbocycles. The van der Waals surface area contributed by atoms with Crippen LogP contribution in [0.25, 0.3) is 21.9 Å². The van der Waals surface area contributed by atoms with Crippen LogP contribution in [0.15, 0.2) is 66.9 Å². The van der Waals surface area contributed by atoms with Gasteiger partial charge in [0.05, 0.1) is 6.42 Å². The second-order valence-corrected chi connectivity index (χ2v) is 9.53. The van der Waals surface area contributed by atoms with Gasteiger partial charge in [-0.25, -0.2) is 9.37 Å². The van der Waals surface area contributed by atoms with E-state index in [0.29, 0.717) is 11.4 Å². The highest BCUT2D eigenvalue weighted by molar-refractivity contribution is 5.94. The van der Waals surface area contributed by atoms with Crippen LogP contribution in [0.3, 0.4) is 0 Å². The Balaban J connectivity index is 1.56. The number of hydrogen-bond donors (Lipinski definition) is 2. The number of fused-ring (bicyclic) bond motifs is 2. The number of hydrogen-bond acceptors (Lipinski definition) is 4. The second kappa shape index (κ2) is 8.13. The second-order valence-electron chi connectivity index (χ2n) is 9.53. The third kappa shape index (κ3) is 3.96. The molecule has 1 aliphatic rings. The van der Waals surface area contributed by atoms with E-state index in [1.54, 1.807) is 6.20 Å². The number of carboxylic acids is 1. The highest BCUT2D eigenvalue weighted by atomic mass is 19.1. The molecular weight excluding hydrogens is 431 g/mol. The van der Waals surface area contributed by atoms with Crippen molar-refractivity contribution in [2.75, 3.05) is 5.73 Å². The molecule has 0 amide bonds. The van der Waals surface area contributed by atoms with Crippen LogP contribution < -0.4 is 10.5 Å². The minimum Gasteiger partial charge on any atom is -0.485 e. The maximum Gasteiger partial charge on any atom is 0.307 e. The number of ether oxygens (including phenoxy) is 1. The zero-order valence-electron chi connectivity index (χ0n) is 19.0. The molecule has 6 heteroatoms. The number of carbonyl (C=O) groups is 1. The van der Waals surface area contributed by atoms with Crippen molar-refractivity contribution < 1.29 is 19.0 Å². The van der Waals surface area contributed by atoms with Gasteiger partial charge in [0.15, 0.2) is 0 Å². The molecule has 172 valence electrons. The van der Waals surface area contributed by atoms with Gasteiger partial charge >= 0.3 is 5.97 Å². The van der Waals surface area contributed by atoms with Gasteiger partial charge in [-0.1, -0.05) is 44.2 Å². The van der Waals surface area contributed by atoms with Gasteiger partial charge in [0.25, 0.3) is 0 Å². The summed E-state index contributed by atoms with van der Waals surface area (Å²) in [5.74, 6) is -0.700. The summed E-state index contributed by atoms with van der Waals surface area (Å²) < 4.78 is 20.4. The number of aliphatic carboxylic acids is 1. The molecule has 0 radical (unpaired) electrons. The molecular formula is C28H25FN2O3. The summed E-state index contributed by atoms with van der Waals surface area (Å²) in [4.78, 5) is 15.5. The Labute approximate surface area is 197 Å². The molecule has 1 unspecified atom stereocenters. The molecule has 34 heavy (non-hydrogen) atoms. The Bertz CT molecular complexity index is 1430. The van der Waals surface area contributed by atoms with Crippen LogP contribution in [0.1, 0.15) is 36.6 Å². The van der Waals surface area contributed by atoms with Crippen LogP contribution in [0.5, 0.6) is 5.75 Å². The molecule has 0 fully saturated rings. The van der Waals surface area contributed by atoms with E-state index in [-0.39, 0.29) is 23.7 Å². The summed E-state index contributed by atoms with van der Waals surface area (Å²) in [7, 11) is 0. The molecule has 1 heterocycles. The third-order valence-electron chi connectivity index (χ3n) is 6.53. The van der Waals surface area contributed by atoms with Crippen molar-refractivity contribution in [3.63, 3.8) is 0 Å². The van der Waals surface area contributed by atoms with Gasteiger partial charge in [0, 0.05) is 28.6 Å². The van der Waals surface area contributed by atoms with Crippen LogP contribution in [-0.2, 0) is 17.6 Å². The normalized spacial score (nSPS) is 16.4. The quantitative estimate of drug-likeness (QED) is 0.387. The monoisotopic (exact) mass is 456 g/mol. The maximum absolute atomic E-state index is 14.1. The van der Waals surface area contributed by atoms with Crippen LogP contribution in [0.4, 0.5) is 10.2 Å². The van der Waals surface area contributed by atoms with Crippen LogP contribution in [0.2, 0.25) is 0 Å². The molecule has 5 rings (SSSR count). The number of anilines is 1. The molecule has 4 aromatic rings. The smallest absolute Gasteiger partial charge is 0.307 e. The van der Waals surface area contributed by atoms with E-state index in [0.717, 1.165) is 39.4 Å². The summed E-state index contributed by atoms with van der Waals surface area (Å²) in [5, 5.41) is 11.2. The highest BCUT2D eigenvalue weighted by Crippen LogP contribution is 2.49. The van der Waals surface area contributed by atoms with Gasteiger partial charge < -0.3 is 15.6 Å². The predicted molar refractivity (Wildman–Crippen MR) is 130 cm³/mol. The van der Waals surface area contributed by atoms with Gasteiger partial charge in [-0.05, 0) is 58.3 Å². The average Bonchev–Trinajstić information content (AvgIpc) is 3.04. The topological polar surface area (TPSA) is 85.4 Å². The van der Waals surface area contributed by atoms with Crippen molar-refractivity contribution >= 4 is 22.6 Å². The molecule has 1 aromatic heterocycles. The number of halogens is 1. The minimum atomic E-state index is -0.991. The summed E-state index contributed by atoms with van der Waals surface area (Å²) in [5.41, 5.74) is 10.5. The summed E-state index contributed by atoms with van der Waals surface area (Å²) in [6, 6.07) is 18.4. The van der Waals surface area contributed by atoms with E-state index in [2.05, 4.69) is 43.1 Å². The van der Waals surface area contributed by atoms with E-state index in [1.807, 2.05) is 18.2 Å². The van der Waals surface area contributed by atoms with Crippen LogP contribution in [-0.4, -0.2) is 16.1 Å². The lowest BCUT2D eigenvalue weighted by molar-refractivity contribution is -0.136. The van der Waals surface area contributed by atoms with E-state index in [1.165, 1.54) is 18.2 Å². The van der Waals surface area contributed by atoms with Crippen LogP contribution in [0, 0.1) is 11.2 Å². The number of carboxylic acid groups (broad SMARTS) is 1. The highest BCUT2D eigenvalue weighted by Gasteiger charge is 2.41. The molecule has 0 saturated heterocycles. The Morgan fingerprint density at radius 1 is 1.12 bits per heavy atom. The Hall–Kier alpha value is -3.93. The minimum absolute atomic E-state index is 0.234. The number of nitrogens with zero attached hydrogens (tertiary/aromatic N) is 1. The van der Waals surface area contributed by atoms with Crippen molar-refractivity contribution in [1.82, 2.24) is 4.98 Å². The standard InChI is InChI=1S/C28H25FN2O3/c1-28(2)15-20-6-5-17(18-4-3-16-9-10-31-27(30)23(16)12-18)11-22(20)26(28)34-24-14-21(29)8-7-19(24)13-25(32)33/h3-12,14,26H,13,15H2,1-2H3,(H2,30,31)(H,32,33). The average molecular weight is 457 g/mol. The van der Waals surface area contributed by atoms with Crippen molar-refractivity contribution in [3.05, 3.63) is 89.4 Å². The van der Waals surface area contributed by atoms with Crippen molar-refractivity contribution in [2.24, 2.45) is 5.41 Å². The lowest BCUT2D eigenvalue weighted by atomic mass is 9.87. The molecule has 0 spiro atoms. The first-order valence-corrected chi connectivity index (χ1v) is 11.2. The van der Waals surface area contributed by atoms with E-state index >= 15 is 0 Å². The largest absolute Gasteiger partial charge is 0.485 e. The number of rotatable bonds is 5. The van der Waals surface area contributed by atoms with E-state index in [9.17, 15) is 14.3 Å². The molecule has 3 N–H and O–H groups in total. The van der Waals surface area contributed by atoms with Crippen LogP contribution >= 0.6 is 0 Å². The first-order chi connectivity index (χ1) is 16.2. The molecule has 1 aliphatic carbocycles. The lowest BCUT2D eigenvalue weighted by Gasteiger charge is -2.29. The number of pyridine rings is 1. The van der Waals surface area contributed by atoms with Gasteiger partial charge in [0.1, 0.15) is 23.5 Å². The fourth-order valence-electron chi connectivity index (χ4n) is 4.85. The SMILES string of the molecule is CC1(C)Cc2ccc(-c3ccc4ccnc(N)c4c3)cc2C1Oc1cc(F)ccc1CC(=O)O. The maximum atomic E-state index is 14.1. The Kier molecular flexibility index (Phi) is 5.24. The van der Waals surface area contributed by atoms with Gasteiger partial charge in [-0.2, -0.15) is 0 Å². The fraction of sp³-hybridized carbons (Fsp3) is 0.214. The first kappa shape index (κ1) is 21.9. The number of nitrogens with two attached hydrogens (primary N) is 1. The van der Waals surface area contributed by atoms with E-state index < -0.39 is 11.8 Å². The fourth-order valence-corrected chi connectivity index (χ4v) is 4.85. The van der Waals surface area contributed by atoms with E-state index in [4.69, 9.17) is 10.5 Å². The molecule has 1 atom stereocenters. The third-order valence-corrected chi connectivity index (χ3v) is 6.53. The number of benzene rings is 3. The van der Waals surface area contributed by atoms with Crippen molar-refractivity contribution in [1.29, 1.82) is 0 Å². The number of aromatic nitrogens is 1. The first-order valence-electron chi connectivity index (χ1n) is 11.2. The van der Waals surface area contributed by atoms with Crippen molar-refractivity contribution in [2.45, 2.75) is 32.8 Å². The zero-order chi connectivity index (χ0) is 24.0. The summed E-state index contributed by atoms with van der Waals surface area (Å²) in [6.07, 6.45) is 1.90. The van der Waals surface area contributed by atoms with Gasteiger partial charge in [-0.3, -0.25) is 4.79 Å². The lowest BCUT2D eigenvalue weighted by Crippen LogP contribution is -2.23. The summed E-state index contributed by atoms with van der Waals surface area (Å²) in [6.45, 7) is 4.21. The molecule has 5 nitrogen and oxygen atoms in total. The summed E-state index contributed by atoms with van der Waals surface area (Å²) >= 11 is 0.